The van der Waals surface area contributed by atoms with Gasteiger partial charge >= 0.3 is 0 Å². The highest BCUT2D eigenvalue weighted by Crippen LogP contribution is 2.44. The number of Topliss-reactive ketones (excluding diaryl/α,β-unsaturated/α-hetero) is 1. The van der Waals surface area contributed by atoms with Gasteiger partial charge in [0.15, 0.2) is 0 Å². The summed E-state index contributed by atoms with van der Waals surface area (Å²) in [6.07, 6.45) is 19.5. The van der Waals surface area contributed by atoms with Gasteiger partial charge in [-0.1, -0.05) is 64.7 Å². The topological polar surface area (TPSA) is 17.1 Å². The molecule has 2 atom stereocenters. The van der Waals surface area contributed by atoms with E-state index in [0.29, 0.717) is 11.7 Å². The lowest BCUT2D eigenvalue weighted by molar-refractivity contribution is -0.123. The first-order chi connectivity index (χ1) is 10.8. The van der Waals surface area contributed by atoms with E-state index in [2.05, 4.69) is 18.7 Å². The van der Waals surface area contributed by atoms with Crippen molar-refractivity contribution in [3.63, 3.8) is 0 Å². The second kappa shape index (κ2) is 10.7. The summed E-state index contributed by atoms with van der Waals surface area (Å²) in [7, 11) is 0. The van der Waals surface area contributed by atoms with Crippen LogP contribution in [-0.2, 0) is 4.79 Å². The van der Waals surface area contributed by atoms with Gasteiger partial charge in [0, 0.05) is 22.8 Å². The molecule has 0 radical (unpaired) electrons. The number of ketones is 1. The lowest BCUT2D eigenvalue weighted by Gasteiger charge is -2.38. The molecule has 0 aromatic rings. The Balaban J connectivity index is 1.47. The predicted octanol–water partition coefficient (Wildman–Crippen LogP) is 6.54. The number of hydrogen-bond acceptors (Lipinski definition) is 2. The first-order valence-electron chi connectivity index (χ1n) is 9.97. The highest BCUT2D eigenvalue weighted by molar-refractivity contribution is 8.00. The van der Waals surface area contributed by atoms with E-state index in [1.165, 1.54) is 83.5 Å². The van der Waals surface area contributed by atoms with Crippen LogP contribution in [0.3, 0.4) is 0 Å². The number of rotatable bonds is 11. The standard InChI is InChI=1S/C20H36OS/c1-2-3-4-5-6-7-8-9-10-14-20(21)17-15-18-12-11-13-19(16-17)22-18/h17-19H,2-16H2,1H3. The predicted molar refractivity (Wildman–Crippen MR) is 98.6 cm³/mol. The van der Waals surface area contributed by atoms with E-state index in [9.17, 15) is 4.79 Å². The number of hydrogen-bond donors (Lipinski definition) is 0. The Morgan fingerprint density at radius 3 is 2.00 bits per heavy atom. The Morgan fingerprint density at radius 1 is 0.864 bits per heavy atom. The molecule has 2 rings (SSSR count). The summed E-state index contributed by atoms with van der Waals surface area (Å²) in [5, 5.41) is 1.62. The van der Waals surface area contributed by atoms with Crippen molar-refractivity contribution in [3.05, 3.63) is 0 Å². The van der Waals surface area contributed by atoms with E-state index in [1.54, 1.807) is 0 Å². The fraction of sp³-hybridized carbons (Fsp3) is 0.950. The highest BCUT2D eigenvalue weighted by Gasteiger charge is 2.34. The van der Waals surface area contributed by atoms with Crippen molar-refractivity contribution in [2.24, 2.45) is 5.92 Å². The summed E-state index contributed by atoms with van der Waals surface area (Å²) in [5.74, 6) is 1.02. The maximum absolute atomic E-state index is 12.4. The Labute approximate surface area is 142 Å². The second-order valence-electron chi connectivity index (χ2n) is 7.52. The first-order valence-corrected chi connectivity index (χ1v) is 10.9. The van der Waals surface area contributed by atoms with Crippen LogP contribution in [0.25, 0.3) is 0 Å². The third-order valence-electron chi connectivity index (χ3n) is 5.51. The summed E-state index contributed by atoms with van der Waals surface area (Å²) in [5.41, 5.74) is 0. The largest absolute Gasteiger partial charge is 0.299 e. The molecule has 2 unspecified atom stereocenters. The molecule has 0 aromatic heterocycles. The van der Waals surface area contributed by atoms with Crippen LogP contribution in [0.2, 0.25) is 0 Å². The van der Waals surface area contributed by atoms with E-state index < -0.39 is 0 Å². The number of unbranched alkanes of at least 4 members (excludes halogenated alkanes) is 8. The molecule has 0 N–H and O–H groups in total. The fourth-order valence-corrected chi connectivity index (χ4v) is 5.97. The van der Waals surface area contributed by atoms with Crippen LogP contribution in [-0.4, -0.2) is 16.3 Å². The molecule has 0 saturated carbocycles. The van der Waals surface area contributed by atoms with E-state index in [1.807, 2.05) is 0 Å². The van der Waals surface area contributed by atoms with Crippen molar-refractivity contribution in [3.8, 4) is 0 Å². The van der Waals surface area contributed by atoms with E-state index in [-0.39, 0.29) is 0 Å². The highest BCUT2D eigenvalue weighted by atomic mass is 32.2. The molecule has 2 fully saturated rings. The van der Waals surface area contributed by atoms with Gasteiger partial charge in [0.2, 0.25) is 0 Å². The van der Waals surface area contributed by atoms with Crippen LogP contribution in [0.5, 0.6) is 0 Å². The van der Waals surface area contributed by atoms with Gasteiger partial charge in [0.25, 0.3) is 0 Å². The molecule has 2 heterocycles. The summed E-state index contributed by atoms with van der Waals surface area (Å²) in [4.78, 5) is 12.4. The molecule has 2 aliphatic heterocycles. The van der Waals surface area contributed by atoms with Crippen molar-refractivity contribution in [1.82, 2.24) is 0 Å². The van der Waals surface area contributed by atoms with Gasteiger partial charge in [-0.05, 0) is 32.1 Å². The zero-order valence-electron chi connectivity index (χ0n) is 14.7. The summed E-state index contributed by atoms with van der Waals surface area (Å²) >= 11 is 2.19. The quantitative estimate of drug-likeness (QED) is 0.401. The molecule has 128 valence electrons. The Kier molecular flexibility index (Phi) is 8.96. The number of thioether (sulfide) groups is 1. The number of carbonyl (C=O) groups excluding carboxylic acids is 1. The van der Waals surface area contributed by atoms with Crippen LogP contribution in [0.15, 0.2) is 0 Å². The van der Waals surface area contributed by atoms with Gasteiger partial charge in [-0.15, -0.1) is 0 Å². The molecule has 2 aliphatic rings. The maximum Gasteiger partial charge on any atom is 0.136 e. The molecule has 2 bridgehead atoms. The maximum atomic E-state index is 12.4. The zero-order valence-corrected chi connectivity index (χ0v) is 15.5. The van der Waals surface area contributed by atoms with E-state index in [4.69, 9.17) is 0 Å². The molecule has 0 aliphatic carbocycles. The zero-order chi connectivity index (χ0) is 15.6. The van der Waals surface area contributed by atoms with Crippen molar-refractivity contribution >= 4 is 17.5 Å². The van der Waals surface area contributed by atoms with E-state index >= 15 is 0 Å². The minimum atomic E-state index is 0.422. The third-order valence-corrected chi connectivity index (χ3v) is 7.14. The van der Waals surface area contributed by atoms with Crippen molar-refractivity contribution in [1.29, 1.82) is 0 Å². The van der Waals surface area contributed by atoms with Crippen LogP contribution >= 0.6 is 11.8 Å². The molecule has 0 amide bonds. The SMILES string of the molecule is CCCCCCCCCCCC(=O)C1CC2CCCC(C1)S2. The molecule has 0 aromatic carbocycles. The Bertz CT molecular complexity index is 303. The number of fused-ring (bicyclic) bond motifs is 2. The molecule has 2 heteroatoms. The number of carbonyl (C=O) groups is 1. The molecule has 0 spiro atoms. The summed E-state index contributed by atoms with van der Waals surface area (Å²) in [6, 6.07) is 0. The second-order valence-corrected chi connectivity index (χ2v) is 9.13. The monoisotopic (exact) mass is 324 g/mol. The van der Waals surface area contributed by atoms with Crippen molar-refractivity contribution < 1.29 is 4.79 Å². The smallest absolute Gasteiger partial charge is 0.136 e. The van der Waals surface area contributed by atoms with Gasteiger partial charge < -0.3 is 0 Å². The lowest BCUT2D eigenvalue weighted by Crippen LogP contribution is -2.32. The molecular weight excluding hydrogens is 288 g/mol. The summed E-state index contributed by atoms with van der Waals surface area (Å²) in [6.45, 7) is 2.27. The van der Waals surface area contributed by atoms with Crippen LogP contribution < -0.4 is 0 Å². The lowest BCUT2D eigenvalue weighted by atomic mass is 9.85. The molecule has 1 nitrogen and oxygen atoms in total. The Morgan fingerprint density at radius 2 is 1.41 bits per heavy atom. The molecular formula is C20H36OS. The Hall–Kier alpha value is 0.0200. The van der Waals surface area contributed by atoms with Gasteiger partial charge in [0.1, 0.15) is 5.78 Å². The average Bonchev–Trinajstić information content (AvgIpc) is 2.52. The van der Waals surface area contributed by atoms with Crippen LogP contribution in [0, 0.1) is 5.92 Å². The average molecular weight is 325 g/mol. The third kappa shape index (κ3) is 6.64. The first kappa shape index (κ1) is 18.4. The summed E-state index contributed by atoms with van der Waals surface area (Å²) < 4.78 is 0. The van der Waals surface area contributed by atoms with Gasteiger partial charge in [-0.2, -0.15) is 11.8 Å². The van der Waals surface area contributed by atoms with E-state index in [0.717, 1.165) is 23.3 Å². The normalized spacial score (nSPS) is 27.8. The van der Waals surface area contributed by atoms with Crippen molar-refractivity contribution in [2.75, 3.05) is 0 Å². The van der Waals surface area contributed by atoms with Gasteiger partial charge in [0.05, 0.1) is 0 Å². The van der Waals surface area contributed by atoms with Crippen molar-refractivity contribution in [2.45, 2.75) is 114 Å². The van der Waals surface area contributed by atoms with Gasteiger partial charge in [-0.3, -0.25) is 4.79 Å². The van der Waals surface area contributed by atoms with Crippen LogP contribution in [0.4, 0.5) is 0 Å². The minimum absolute atomic E-state index is 0.422. The minimum Gasteiger partial charge on any atom is -0.299 e. The fourth-order valence-electron chi connectivity index (χ4n) is 4.14. The van der Waals surface area contributed by atoms with Crippen LogP contribution in [0.1, 0.15) is 103 Å². The molecule has 2 saturated heterocycles. The van der Waals surface area contributed by atoms with Gasteiger partial charge in [-0.25, -0.2) is 0 Å². The molecule has 22 heavy (non-hydrogen) atoms.